The van der Waals surface area contributed by atoms with Crippen molar-refractivity contribution < 1.29 is 0 Å². The number of aryl methyl sites for hydroxylation is 1. The first-order chi connectivity index (χ1) is 5.52. The molecule has 1 aromatic rings. The summed E-state index contributed by atoms with van der Waals surface area (Å²) in [5.74, 6) is 1.12. The van der Waals surface area contributed by atoms with Gasteiger partial charge in [-0.15, -0.1) is 0 Å². The lowest BCUT2D eigenvalue weighted by atomic mass is 10.0. The molecular formula is C10H16N2. The van der Waals surface area contributed by atoms with Gasteiger partial charge < -0.3 is 5.73 Å². The molecule has 2 heteroatoms. The zero-order chi connectivity index (χ0) is 9.30. The smallest absolute Gasteiger partial charge is 0.126 e. The number of rotatable bonds is 1. The molecule has 0 saturated carbocycles. The second kappa shape index (κ2) is 3.13. The first kappa shape index (κ1) is 9.04. The molecule has 0 spiro atoms. The van der Waals surface area contributed by atoms with Crippen molar-refractivity contribution >= 4 is 5.82 Å². The Balaban J connectivity index is 3.21. The molecule has 0 atom stereocenters. The molecule has 0 saturated heterocycles. The topological polar surface area (TPSA) is 38.9 Å². The van der Waals surface area contributed by atoms with Crippen LogP contribution >= 0.6 is 0 Å². The van der Waals surface area contributed by atoms with E-state index in [0.29, 0.717) is 11.7 Å². The minimum Gasteiger partial charge on any atom is -0.383 e. The van der Waals surface area contributed by atoms with Crippen molar-refractivity contribution in [1.82, 2.24) is 4.98 Å². The maximum atomic E-state index is 5.75. The zero-order valence-electron chi connectivity index (χ0n) is 8.18. The molecule has 0 fully saturated rings. The van der Waals surface area contributed by atoms with Crippen LogP contribution in [0.1, 0.15) is 36.6 Å². The van der Waals surface area contributed by atoms with E-state index in [1.165, 1.54) is 5.56 Å². The van der Waals surface area contributed by atoms with Crippen LogP contribution in [0, 0.1) is 13.8 Å². The summed E-state index contributed by atoms with van der Waals surface area (Å²) in [6, 6.07) is 2.11. The summed E-state index contributed by atoms with van der Waals surface area (Å²) in [6.07, 6.45) is 0. The van der Waals surface area contributed by atoms with Crippen LogP contribution in [0.2, 0.25) is 0 Å². The van der Waals surface area contributed by atoms with Gasteiger partial charge in [-0.1, -0.05) is 13.8 Å². The van der Waals surface area contributed by atoms with Gasteiger partial charge in [0.1, 0.15) is 5.82 Å². The van der Waals surface area contributed by atoms with Crippen LogP contribution in [0.4, 0.5) is 5.82 Å². The average molecular weight is 164 g/mol. The predicted molar refractivity (Wildman–Crippen MR) is 52.2 cm³/mol. The Hall–Kier alpha value is -1.05. The highest BCUT2D eigenvalue weighted by molar-refractivity contribution is 5.44. The molecule has 0 aromatic carbocycles. The number of pyridine rings is 1. The van der Waals surface area contributed by atoms with E-state index < -0.39 is 0 Å². The van der Waals surface area contributed by atoms with Gasteiger partial charge in [-0.2, -0.15) is 0 Å². The van der Waals surface area contributed by atoms with E-state index in [-0.39, 0.29) is 0 Å². The Morgan fingerprint density at radius 1 is 1.33 bits per heavy atom. The first-order valence-electron chi connectivity index (χ1n) is 4.26. The van der Waals surface area contributed by atoms with E-state index in [0.717, 1.165) is 11.3 Å². The molecule has 0 amide bonds. The third kappa shape index (κ3) is 1.58. The Labute approximate surface area is 73.8 Å². The monoisotopic (exact) mass is 164 g/mol. The summed E-state index contributed by atoms with van der Waals surface area (Å²) in [6.45, 7) is 8.31. The number of anilines is 1. The van der Waals surface area contributed by atoms with Crippen LogP contribution in [0.3, 0.4) is 0 Å². The Morgan fingerprint density at radius 3 is 2.33 bits per heavy atom. The lowest BCUT2D eigenvalue weighted by Gasteiger charge is -2.09. The second-order valence-electron chi connectivity index (χ2n) is 3.53. The van der Waals surface area contributed by atoms with Crippen molar-refractivity contribution in [2.75, 3.05) is 5.73 Å². The quantitative estimate of drug-likeness (QED) is 0.692. The normalized spacial score (nSPS) is 10.8. The number of nitrogen functional groups attached to an aromatic ring is 1. The number of aromatic nitrogens is 1. The number of hydrogen-bond donors (Lipinski definition) is 1. The Morgan fingerprint density at radius 2 is 1.92 bits per heavy atom. The summed E-state index contributed by atoms with van der Waals surface area (Å²) in [4.78, 5) is 4.31. The highest BCUT2D eigenvalue weighted by Gasteiger charge is 2.05. The fourth-order valence-corrected chi connectivity index (χ4v) is 1.08. The van der Waals surface area contributed by atoms with Gasteiger partial charge in [0.2, 0.25) is 0 Å². The van der Waals surface area contributed by atoms with Gasteiger partial charge in [0.05, 0.1) is 0 Å². The Bertz CT molecular complexity index is 267. The van der Waals surface area contributed by atoms with E-state index in [1.807, 2.05) is 6.92 Å². The number of nitrogens with zero attached hydrogens (tertiary/aromatic N) is 1. The molecule has 0 aliphatic rings. The van der Waals surface area contributed by atoms with E-state index in [9.17, 15) is 0 Å². The van der Waals surface area contributed by atoms with Crippen molar-refractivity contribution in [3.05, 3.63) is 22.9 Å². The Kier molecular flexibility index (Phi) is 2.36. The fraction of sp³-hybridized carbons (Fsp3) is 0.500. The number of hydrogen-bond acceptors (Lipinski definition) is 2. The van der Waals surface area contributed by atoms with Crippen molar-refractivity contribution in [3.63, 3.8) is 0 Å². The van der Waals surface area contributed by atoms with Crippen LogP contribution in [0.15, 0.2) is 6.07 Å². The van der Waals surface area contributed by atoms with E-state index in [2.05, 4.69) is 31.8 Å². The predicted octanol–water partition coefficient (Wildman–Crippen LogP) is 2.40. The molecule has 2 N–H and O–H groups in total. The van der Waals surface area contributed by atoms with Crippen molar-refractivity contribution in [1.29, 1.82) is 0 Å². The van der Waals surface area contributed by atoms with Gasteiger partial charge in [-0.05, 0) is 37.0 Å². The molecule has 12 heavy (non-hydrogen) atoms. The van der Waals surface area contributed by atoms with Gasteiger partial charge in [0, 0.05) is 5.69 Å². The number of nitrogens with two attached hydrogens (primary N) is 1. The maximum Gasteiger partial charge on any atom is 0.126 e. The molecule has 0 bridgehead atoms. The third-order valence-electron chi connectivity index (χ3n) is 2.18. The van der Waals surface area contributed by atoms with Crippen LogP contribution in [-0.4, -0.2) is 4.98 Å². The average Bonchev–Trinajstić information content (AvgIpc) is 1.99. The largest absolute Gasteiger partial charge is 0.383 e. The van der Waals surface area contributed by atoms with Crippen LogP contribution in [0.25, 0.3) is 0 Å². The van der Waals surface area contributed by atoms with E-state index >= 15 is 0 Å². The molecule has 0 radical (unpaired) electrons. The van der Waals surface area contributed by atoms with Crippen LogP contribution < -0.4 is 5.73 Å². The first-order valence-corrected chi connectivity index (χ1v) is 4.26. The molecule has 0 unspecified atom stereocenters. The lowest BCUT2D eigenvalue weighted by molar-refractivity contribution is 0.821. The van der Waals surface area contributed by atoms with Gasteiger partial charge in [-0.3, -0.25) is 0 Å². The SMILES string of the molecule is Cc1cc(C(C)C)nc(N)c1C. The summed E-state index contributed by atoms with van der Waals surface area (Å²) in [5, 5.41) is 0. The molecule has 1 aromatic heterocycles. The van der Waals surface area contributed by atoms with E-state index in [4.69, 9.17) is 5.73 Å². The van der Waals surface area contributed by atoms with Gasteiger partial charge in [-0.25, -0.2) is 4.98 Å². The molecule has 1 rings (SSSR count). The molecule has 1 heterocycles. The third-order valence-corrected chi connectivity index (χ3v) is 2.18. The minimum absolute atomic E-state index is 0.451. The highest BCUT2D eigenvalue weighted by atomic mass is 14.8. The van der Waals surface area contributed by atoms with E-state index in [1.54, 1.807) is 0 Å². The fourth-order valence-electron chi connectivity index (χ4n) is 1.08. The highest BCUT2D eigenvalue weighted by Crippen LogP contribution is 2.19. The van der Waals surface area contributed by atoms with Gasteiger partial charge in [0.25, 0.3) is 0 Å². The summed E-state index contributed by atoms with van der Waals surface area (Å²) >= 11 is 0. The maximum absolute atomic E-state index is 5.75. The standard InChI is InChI=1S/C10H16N2/c1-6(2)9-5-7(3)8(4)10(11)12-9/h5-6H,1-4H3,(H2,11,12). The molecule has 66 valence electrons. The molecule has 0 aliphatic carbocycles. The minimum atomic E-state index is 0.451. The summed E-state index contributed by atoms with van der Waals surface area (Å²) in [5.41, 5.74) is 9.15. The van der Waals surface area contributed by atoms with Crippen molar-refractivity contribution in [2.24, 2.45) is 0 Å². The van der Waals surface area contributed by atoms with Gasteiger partial charge >= 0.3 is 0 Å². The lowest BCUT2D eigenvalue weighted by Crippen LogP contribution is -2.01. The van der Waals surface area contributed by atoms with Crippen LogP contribution in [0.5, 0.6) is 0 Å². The van der Waals surface area contributed by atoms with Gasteiger partial charge in [0.15, 0.2) is 0 Å². The second-order valence-corrected chi connectivity index (χ2v) is 3.53. The van der Waals surface area contributed by atoms with Crippen molar-refractivity contribution in [2.45, 2.75) is 33.6 Å². The van der Waals surface area contributed by atoms with Crippen LogP contribution in [-0.2, 0) is 0 Å². The zero-order valence-corrected chi connectivity index (χ0v) is 8.18. The van der Waals surface area contributed by atoms with Crippen molar-refractivity contribution in [3.8, 4) is 0 Å². The molecule has 2 nitrogen and oxygen atoms in total. The summed E-state index contributed by atoms with van der Waals surface area (Å²) < 4.78 is 0. The summed E-state index contributed by atoms with van der Waals surface area (Å²) in [7, 11) is 0. The molecular weight excluding hydrogens is 148 g/mol. The molecule has 0 aliphatic heterocycles.